The zero-order valence-electron chi connectivity index (χ0n) is 33.3. The molecule has 0 radical (unpaired) electrons. The Kier molecular flexibility index (Phi) is 32.1. The van der Waals surface area contributed by atoms with Crippen molar-refractivity contribution in [3.8, 4) is 0 Å². The lowest BCUT2D eigenvalue weighted by atomic mass is 9.99. The van der Waals surface area contributed by atoms with E-state index in [1.54, 1.807) is 0 Å². The van der Waals surface area contributed by atoms with E-state index in [-0.39, 0.29) is 32.0 Å². The minimum absolute atomic E-state index is 0.209. The van der Waals surface area contributed by atoms with Crippen LogP contribution in [0.3, 0.4) is 0 Å². The fraction of sp³-hybridized carbons (Fsp3) is 0.952. The molecule has 1 heterocycles. The van der Waals surface area contributed by atoms with Crippen molar-refractivity contribution in [3.63, 3.8) is 0 Å². The first-order chi connectivity index (χ1) is 25.3. The molecule has 4 N–H and O–H groups in total. The van der Waals surface area contributed by atoms with E-state index in [9.17, 15) is 30.0 Å². The van der Waals surface area contributed by atoms with Gasteiger partial charge in [-0.05, 0) is 12.8 Å². The molecule has 0 spiro atoms. The maximum atomic E-state index is 12.7. The van der Waals surface area contributed by atoms with Crippen molar-refractivity contribution in [1.29, 1.82) is 0 Å². The summed E-state index contributed by atoms with van der Waals surface area (Å²) in [5, 5.41) is 40.0. The third kappa shape index (κ3) is 25.7. The van der Waals surface area contributed by atoms with E-state index in [1.165, 1.54) is 128 Å². The highest BCUT2D eigenvalue weighted by atomic mass is 16.7. The van der Waals surface area contributed by atoms with Crippen LogP contribution in [-0.2, 0) is 28.5 Å². The van der Waals surface area contributed by atoms with Crippen LogP contribution in [0.5, 0.6) is 0 Å². The monoisotopic (exact) mass is 745 g/mol. The molecule has 1 fully saturated rings. The third-order valence-electron chi connectivity index (χ3n) is 10.2. The molecule has 0 saturated carbocycles. The number of aliphatic hydroxyl groups excluding tert-OH is 4. The summed E-state index contributed by atoms with van der Waals surface area (Å²) >= 11 is 0. The van der Waals surface area contributed by atoms with E-state index in [2.05, 4.69) is 13.8 Å². The first-order valence-corrected chi connectivity index (χ1v) is 21.6. The molecule has 0 aromatic rings. The third-order valence-corrected chi connectivity index (χ3v) is 10.2. The van der Waals surface area contributed by atoms with E-state index in [4.69, 9.17) is 18.9 Å². The summed E-state index contributed by atoms with van der Waals surface area (Å²) in [5.41, 5.74) is 0. The van der Waals surface area contributed by atoms with Crippen molar-refractivity contribution in [1.82, 2.24) is 0 Å². The van der Waals surface area contributed by atoms with Crippen molar-refractivity contribution in [2.45, 2.75) is 237 Å². The van der Waals surface area contributed by atoms with Crippen LogP contribution in [0.4, 0.5) is 0 Å². The van der Waals surface area contributed by atoms with Gasteiger partial charge in [-0.25, -0.2) is 0 Å². The zero-order chi connectivity index (χ0) is 38.1. The van der Waals surface area contributed by atoms with Gasteiger partial charge in [-0.3, -0.25) is 9.59 Å². The fourth-order valence-electron chi connectivity index (χ4n) is 6.78. The zero-order valence-corrected chi connectivity index (χ0v) is 33.3. The van der Waals surface area contributed by atoms with Crippen LogP contribution in [0.25, 0.3) is 0 Å². The molecule has 0 unspecified atom stereocenters. The van der Waals surface area contributed by atoms with Gasteiger partial charge in [0.2, 0.25) is 0 Å². The summed E-state index contributed by atoms with van der Waals surface area (Å²) in [6.45, 7) is 3.43. The summed E-state index contributed by atoms with van der Waals surface area (Å²) < 4.78 is 22.1. The van der Waals surface area contributed by atoms with Gasteiger partial charge in [0.05, 0.1) is 13.2 Å². The van der Waals surface area contributed by atoms with E-state index in [1.807, 2.05) is 0 Å². The Hall–Kier alpha value is -1.30. The Labute approximate surface area is 317 Å². The largest absolute Gasteiger partial charge is 0.462 e. The number of carbonyl (C=O) groups is 2. The summed E-state index contributed by atoms with van der Waals surface area (Å²) in [6, 6.07) is 0. The van der Waals surface area contributed by atoms with Crippen molar-refractivity contribution in [2.75, 3.05) is 19.8 Å². The van der Waals surface area contributed by atoms with Gasteiger partial charge in [0.15, 0.2) is 12.4 Å². The van der Waals surface area contributed by atoms with Gasteiger partial charge in [-0.2, -0.15) is 0 Å². The molecular formula is C42H80O10. The van der Waals surface area contributed by atoms with Crippen LogP contribution in [-0.4, -0.2) is 89.0 Å². The maximum Gasteiger partial charge on any atom is 0.306 e. The van der Waals surface area contributed by atoms with Crippen LogP contribution in [0, 0.1) is 0 Å². The predicted octanol–water partition coefficient (Wildman–Crippen LogP) is 8.61. The molecule has 0 bridgehead atoms. The van der Waals surface area contributed by atoms with Crippen LogP contribution in [0.2, 0.25) is 0 Å². The summed E-state index contributed by atoms with van der Waals surface area (Å²) in [6.07, 6.45) is 25.4. The molecule has 10 nitrogen and oxygen atoms in total. The number of ether oxygens (including phenoxy) is 4. The molecule has 0 aliphatic carbocycles. The van der Waals surface area contributed by atoms with Gasteiger partial charge in [0.1, 0.15) is 31.0 Å². The highest BCUT2D eigenvalue weighted by Gasteiger charge is 2.44. The molecule has 308 valence electrons. The van der Waals surface area contributed by atoms with Crippen molar-refractivity contribution in [3.05, 3.63) is 0 Å². The number of esters is 2. The molecule has 0 aromatic heterocycles. The summed E-state index contributed by atoms with van der Waals surface area (Å²) in [4.78, 5) is 25.2. The summed E-state index contributed by atoms with van der Waals surface area (Å²) in [5.74, 6) is -0.794. The minimum atomic E-state index is -1.59. The van der Waals surface area contributed by atoms with Gasteiger partial charge < -0.3 is 39.4 Å². The average molecular weight is 745 g/mol. The Bertz CT molecular complexity index is 825. The van der Waals surface area contributed by atoms with Gasteiger partial charge >= 0.3 is 11.9 Å². The molecule has 1 aliphatic heterocycles. The SMILES string of the molecule is CCCCCCCCCCCCCCCCCC(=O)OC[C@H](CO[C@@H]1O[C@H](CO)[C@H](O)[C@H](O)[C@H]1O)OC(=O)CCCCCCCCCCCCCC. The second kappa shape index (κ2) is 34.2. The van der Waals surface area contributed by atoms with Crippen molar-refractivity contribution >= 4 is 11.9 Å². The fourth-order valence-corrected chi connectivity index (χ4v) is 6.78. The Morgan fingerprint density at radius 3 is 1.31 bits per heavy atom. The van der Waals surface area contributed by atoms with E-state index >= 15 is 0 Å². The molecule has 6 atom stereocenters. The maximum absolute atomic E-state index is 12.7. The van der Waals surface area contributed by atoms with E-state index in [0.717, 1.165) is 38.5 Å². The topological polar surface area (TPSA) is 152 Å². The highest BCUT2D eigenvalue weighted by molar-refractivity contribution is 5.70. The lowest BCUT2D eigenvalue weighted by molar-refractivity contribution is -0.305. The smallest absolute Gasteiger partial charge is 0.306 e. The van der Waals surface area contributed by atoms with Gasteiger partial charge in [0, 0.05) is 12.8 Å². The molecule has 52 heavy (non-hydrogen) atoms. The number of carbonyl (C=O) groups excluding carboxylic acids is 2. The molecule has 1 saturated heterocycles. The molecule has 0 amide bonds. The normalized spacial score (nSPS) is 20.9. The second-order valence-electron chi connectivity index (χ2n) is 15.2. The predicted molar refractivity (Wildman–Crippen MR) is 206 cm³/mol. The van der Waals surface area contributed by atoms with Gasteiger partial charge in [0.25, 0.3) is 0 Å². The highest BCUT2D eigenvalue weighted by Crippen LogP contribution is 2.23. The quantitative estimate of drug-likeness (QED) is 0.0363. The lowest BCUT2D eigenvalue weighted by Gasteiger charge is -2.39. The van der Waals surface area contributed by atoms with Crippen LogP contribution in [0.15, 0.2) is 0 Å². The van der Waals surface area contributed by atoms with Gasteiger partial charge in [-0.1, -0.05) is 174 Å². The number of rotatable bonds is 36. The standard InChI is InChI=1S/C42H80O10/c1-3-5-7-9-11-13-15-17-18-19-21-22-24-26-28-30-37(44)49-33-35(34-50-42-41(48)40(47)39(46)36(32-43)52-42)51-38(45)31-29-27-25-23-20-16-14-12-10-8-6-4-2/h35-36,39-43,46-48H,3-34H2,1-2H3/t35-,36-,39+,40+,41-,42-/m1/s1. The molecular weight excluding hydrogens is 664 g/mol. The number of hydrogen-bond acceptors (Lipinski definition) is 10. The van der Waals surface area contributed by atoms with Crippen LogP contribution in [0.1, 0.15) is 200 Å². The molecule has 10 heteroatoms. The second-order valence-corrected chi connectivity index (χ2v) is 15.2. The molecule has 1 rings (SSSR count). The van der Waals surface area contributed by atoms with E-state index < -0.39 is 49.4 Å². The number of unbranched alkanes of at least 4 members (excludes halogenated alkanes) is 25. The van der Waals surface area contributed by atoms with Gasteiger partial charge in [-0.15, -0.1) is 0 Å². The first kappa shape index (κ1) is 48.7. The van der Waals surface area contributed by atoms with Crippen molar-refractivity contribution in [2.24, 2.45) is 0 Å². The number of hydrogen-bond donors (Lipinski definition) is 4. The Morgan fingerprint density at radius 2 is 0.904 bits per heavy atom. The van der Waals surface area contributed by atoms with E-state index in [0.29, 0.717) is 6.42 Å². The summed E-state index contributed by atoms with van der Waals surface area (Å²) in [7, 11) is 0. The van der Waals surface area contributed by atoms with Crippen molar-refractivity contribution < 1.29 is 49.0 Å². The average Bonchev–Trinajstić information content (AvgIpc) is 3.14. The lowest BCUT2D eigenvalue weighted by Crippen LogP contribution is -2.59. The van der Waals surface area contributed by atoms with Crippen LogP contribution >= 0.6 is 0 Å². The Morgan fingerprint density at radius 1 is 0.519 bits per heavy atom. The molecule has 0 aromatic carbocycles. The molecule has 1 aliphatic rings. The first-order valence-electron chi connectivity index (χ1n) is 21.6. The number of aliphatic hydroxyl groups is 4. The minimum Gasteiger partial charge on any atom is -0.462 e. The van der Waals surface area contributed by atoms with Crippen LogP contribution < -0.4 is 0 Å². The Balaban J connectivity index is 2.33.